The molecule has 0 atom stereocenters. The van der Waals surface area contributed by atoms with E-state index in [2.05, 4.69) is 12.1 Å². The van der Waals surface area contributed by atoms with E-state index in [4.69, 9.17) is 5.14 Å². The van der Waals surface area contributed by atoms with E-state index in [1.54, 1.807) is 20.6 Å². The molecule has 0 amide bonds. The number of rotatable bonds is 3. The summed E-state index contributed by atoms with van der Waals surface area (Å²) >= 11 is 0. The standard InChI is InChI=1S/C6H7NS3/c7-9-10-8-6-4-2-1-3-5-6/h1-5H,7H2. The Bertz CT molecular complexity index is 178. The molecule has 0 unspecified atom stereocenters. The molecule has 0 heterocycles. The van der Waals surface area contributed by atoms with E-state index < -0.39 is 0 Å². The fraction of sp³-hybridized carbons (Fsp3) is 0. The van der Waals surface area contributed by atoms with E-state index in [1.807, 2.05) is 18.2 Å². The highest BCUT2D eigenvalue weighted by molar-refractivity contribution is 9.09. The molecule has 1 aromatic carbocycles. The van der Waals surface area contributed by atoms with Crippen LogP contribution in [0.2, 0.25) is 0 Å². The molecule has 0 saturated carbocycles. The molecule has 0 aliphatic heterocycles. The molecule has 54 valence electrons. The van der Waals surface area contributed by atoms with Gasteiger partial charge in [-0.15, -0.1) is 0 Å². The average molecular weight is 189 g/mol. The van der Waals surface area contributed by atoms with Crippen LogP contribution in [0.15, 0.2) is 35.2 Å². The van der Waals surface area contributed by atoms with E-state index in [9.17, 15) is 0 Å². The van der Waals surface area contributed by atoms with E-state index in [0.717, 1.165) is 0 Å². The third kappa shape index (κ3) is 2.88. The summed E-state index contributed by atoms with van der Waals surface area (Å²) in [5.74, 6) is 0. The molecule has 0 radical (unpaired) electrons. The molecule has 2 N–H and O–H groups in total. The smallest absolute Gasteiger partial charge is 0.0191 e. The largest absolute Gasteiger partial charge is 0.268 e. The van der Waals surface area contributed by atoms with Gasteiger partial charge in [-0.05, 0) is 43.7 Å². The molecule has 0 aliphatic rings. The molecule has 4 heteroatoms. The maximum absolute atomic E-state index is 5.24. The van der Waals surface area contributed by atoms with Crippen molar-refractivity contribution in [3.63, 3.8) is 0 Å². The van der Waals surface area contributed by atoms with E-state index in [-0.39, 0.29) is 0 Å². The Morgan fingerprint density at radius 3 is 2.40 bits per heavy atom. The Hall–Kier alpha value is 0.230. The van der Waals surface area contributed by atoms with Crippen LogP contribution < -0.4 is 5.14 Å². The van der Waals surface area contributed by atoms with Crippen LogP contribution in [0.5, 0.6) is 0 Å². The normalized spacial score (nSPS) is 9.70. The van der Waals surface area contributed by atoms with Gasteiger partial charge in [-0.25, -0.2) is 0 Å². The summed E-state index contributed by atoms with van der Waals surface area (Å²) in [5, 5.41) is 5.24. The lowest BCUT2D eigenvalue weighted by atomic mass is 10.4. The van der Waals surface area contributed by atoms with Gasteiger partial charge >= 0.3 is 0 Å². The van der Waals surface area contributed by atoms with Crippen molar-refractivity contribution in [2.45, 2.75) is 4.90 Å². The maximum Gasteiger partial charge on any atom is 0.0191 e. The van der Waals surface area contributed by atoms with Gasteiger partial charge in [0.25, 0.3) is 0 Å². The van der Waals surface area contributed by atoms with Gasteiger partial charge in [-0.3, -0.25) is 5.14 Å². The fourth-order valence-corrected chi connectivity index (χ4v) is 2.67. The summed E-state index contributed by atoms with van der Waals surface area (Å²) in [5.41, 5.74) is 0. The monoisotopic (exact) mass is 189 g/mol. The van der Waals surface area contributed by atoms with Gasteiger partial charge in [0.15, 0.2) is 0 Å². The van der Waals surface area contributed by atoms with Crippen molar-refractivity contribution in [1.82, 2.24) is 0 Å². The van der Waals surface area contributed by atoms with Crippen LogP contribution in [0.4, 0.5) is 0 Å². The minimum absolute atomic E-state index is 1.24. The summed E-state index contributed by atoms with van der Waals surface area (Å²) in [7, 11) is 4.52. The molecule has 0 saturated heterocycles. The van der Waals surface area contributed by atoms with Crippen molar-refractivity contribution < 1.29 is 0 Å². The topological polar surface area (TPSA) is 26.0 Å². The minimum atomic E-state index is 1.24. The van der Waals surface area contributed by atoms with Crippen LogP contribution in [0.1, 0.15) is 0 Å². The zero-order chi connectivity index (χ0) is 7.23. The molecule has 10 heavy (non-hydrogen) atoms. The quantitative estimate of drug-likeness (QED) is 0.584. The third-order valence-corrected chi connectivity index (χ3v) is 3.86. The molecular weight excluding hydrogens is 182 g/mol. The zero-order valence-corrected chi connectivity index (χ0v) is 7.64. The summed E-state index contributed by atoms with van der Waals surface area (Å²) in [6.45, 7) is 0. The van der Waals surface area contributed by atoms with Crippen molar-refractivity contribution in [3.05, 3.63) is 30.3 Å². The van der Waals surface area contributed by atoms with Crippen LogP contribution in [-0.2, 0) is 0 Å². The zero-order valence-electron chi connectivity index (χ0n) is 5.19. The van der Waals surface area contributed by atoms with Crippen LogP contribution in [0.3, 0.4) is 0 Å². The molecule has 0 bridgehead atoms. The first kappa shape index (κ1) is 8.33. The Balaban J connectivity index is 2.43. The molecule has 0 spiro atoms. The van der Waals surface area contributed by atoms with Gasteiger partial charge in [-0.2, -0.15) is 0 Å². The average Bonchev–Trinajstić information content (AvgIpc) is 2.03. The van der Waals surface area contributed by atoms with Gasteiger partial charge < -0.3 is 0 Å². The number of nitrogens with two attached hydrogens (primary N) is 1. The van der Waals surface area contributed by atoms with Crippen LogP contribution in [0.25, 0.3) is 0 Å². The second-order valence-electron chi connectivity index (χ2n) is 1.56. The highest BCUT2D eigenvalue weighted by Crippen LogP contribution is 2.36. The second kappa shape index (κ2) is 4.96. The van der Waals surface area contributed by atoms with Crippen molar-refractivity contribution in [1.29, 1.82) is 0 Å². The predicted molar refractivity (Wildman–Crippen MR) is 51.7 cm³/mol. The minimum Gasteiger partial charge on any atom is -0.268 e. The highest BCUT2D eigenvalue weighted by Gasteiger charge is 1.89. The summed E-state index contributed by atoms with van der Waals surface area (Å²) < 4.78 is 0. The first-order chi connectivity index (χ1) is 4.93. The Morgan fingerprint density at radius 1 is 1.10 bits per heavy atom. The third-order valence-electron chi connectivity index (χ3n) is 0.913. The lowest BCUT2D eigenvalue weighted by Crippen LogP contribution is -1.66. The molecule has 0 aliphatic carbocycles. The van der Waals surface area contributed by atoms with Gasteiger partial charge in [0, 0.05) is 4.90 Å². The Labute approximate surface area is 72.1 Å². The molecule has 1 rings (SSSR count). The first-order valence-corrected chi connectivity index (χ1v) is 6.23. The van der Waals surface area contributed by atoms with E-state index in [1.165, 1.54) is 15.9 Å². The number of hydrogen-bond acceptors (Lipinski definition) is 4. The molecule has 0 aromatic heterocycles. The van der Waals surface area contributed by atoms with Crippen LogP contribution in [-0.4, -0.2) is 0 Å². The molecule has 1 nitrogen and oxygen atoms in total. The summed E-state index contributed by atoms with van der Waals surface area (Å²) in [6, 6.07) is 10.2. The van der Waals surface area contributed by atoms with E-state index in [0.29, 0.717) is 0 Å². The van der Waals surface area contributed by atoms with Gasteiger partial charge in [0.05, 0.1) is 0 Å². The van der Waals surface area contributed by atoms with Gasteiger partial charge in [-0.1, -0.05) is 18.2 Å². The maximum atomic E-state index is 5.24. The summed E-state index contributed by atoms with van der Waals surface area (Å²) in [4.78, 5) is 1.24. The lowest BCUT2D eigenvalue weighted by molar-refractivity contribution is 1.48. The van der Waals surface area contributed by atoms with Crippen molar-refractivity contribution in [2.24, 2.45) is 5.14 Å². The van der Waals surface area contributed by atoms with Crippen LogP contribution >= 0.6 is 31.6 Å². The van der Waals surface area contributed by atoms with Gasteiger partial charge in [0.2, 0.25) is 0 Å². The molecule has 1 aromatic rings. The number of benzene rings is 1. The predicted octanol–water partition coefficient (Wildman–Crippen LogP) is 2.95. The van der Waals surface area contributed by atoms with Crippen molar-refractivity contribution in [3.8, 4) is 0 Å². The Morgan fingerprint density at radius 2 is 1.80 bits per heavy atom. The summed E-state index contributed by atoms with van der Waals surface area (Å²) in [6.07, 6.45) is 0. The van der Waals surface area contributed by atoms with Crippen molar-refractivity contribution >= 4 is 31.6 Å². The lowest BCUT2D eigenvalue weighted by Gasteiger charge is -1.94. The fourth-order valence-electron chi connectivity index (χ4n) is 0.535. The van der Waals surface area contributed by atoms with Crippen LogP contribution in [0, 0.1) is 0 Å². The van der Waals surface area contributed by atoms with Gasteiger partial charge in [0.1, 0.15) is 0 Å². The second-order valence-corrected chi connectivity index (χ2v) is 5.24. The molecular formula is C6H7NS3. The highest BCUT2D eigenvalue weighted by atomic mass is 33.5. The van der Waals surface area contributed by atoms with E-state index >= 15 is 0 Å². The first-order valence-electron chi connectivity index (χ1n) is 2.68. The van der Waals surface area contributed by atoms with Crippen molar-refractivity contribution in [2.75, 3.05) is 0 Å². The SMILES string of the molecule is NSSSc1ccccc1. The molecule has 0 fully saturated rings. The number of hydrogen-bond donors (Lipinski definition) is 1. The Kier molecular flexibility index (Phi) is 4.13.